The zero-order valence-corrected chi connectivity index (χ0v) is 29.6. The average molecular weight is 672 g/mol. The minimum absolute atomic E-state index is 0.0338. The first-order valence-corrected chi connectivity index (χ1v) is 20.7. The van der Waals surface area contributed by atoms with Crippen LogP contribution in [0.15, 0.2) is 133 Å². The molecule has 5 heteroatoms. The second kappa shape index (κ2) is 12.3. The molecule has 0 unspecified atom stereocenters. The molecular weight excluding hydrogens is 629 g/mol. The van der Waals surface area contributed by atoms with E-state index in [0.29, 0.717) is 29.3 Å². The smallest absolute Gasteiger partial charge is 0.164 e. The SMILES string of the molecule is CP(C)(=O)c1ccc(-c2cccc(C3(c4ccc(-c5nc(-c6ccccc6)nc(-c6ccccc6)n5)cc4)C4CC5CC(C4)CC3C5)c2)cc1. The first-order valence-electron chi connectivity index (χ1n) is 18.1. The number of hydrogen-bond acceptors (Lipinski definition) is 4. The Labute approximate surface area is 295 Å². The summed E-state index contributed by atoms with van der Waals surface area (Å²) in [6.07, 6.45) is 6.66. The highest BCUT2D eigenvalue weighted by atomic mass is 31.2. The summed E-state index contributed by atoms with van der Waals surface area (Å²) in [5, 5.41) is 0.931. The Kier molecular flexibility index (Phi) is 7.70. The monoisotopic (exact) mass is 671 g/mol. The Morgan fingerprint density at radius 3 is 1.44 bits per heavy atom. The van der Waals surface area contributed by atoms with E-state index in [-0.39, 0.29) is 5.41 Å². The van der Waals surface area contributed by atoms with Crippen LogP contribution in [-0.2, 0) is 9.98 Å². The van der Waals surface area contributed by atoms with Gasteiger partial charge in [0, 0.05) is 27.4 Å². The summed E-state index contributed by atoms with van der Waals surface area (Å²) in [6, 6.07) is 47.4. The lowest BCUT2D eigenvalue weighted by Gasteiger charge is -2.62. The third-order valence-corrected chi connectivity index (χ3v) is 13.5. The van der Waals surface area contributed by atoms with Crippen molar-refractivity contribution < 1.29 is 4.57 Å². The highest BCUT2D eigenvalue weighted by molar-refractivity contribution is 7.70. The minimum atomic E-state index is -2.30. The third kappa shape index (κ3) is 5.46. The molecule has 0 spiro atoms. The quantitative estimate of drug-likeness (QED) is 0.159. The van der Waals surface area contributed by atoms with E-state index < -0.39 is 7.14 Å². The molecule has 4 aliphatic carbocycles. The van der Waals surface area contributed by atoms with Crippen LogP contribution in [0.25, 0.3) is 45.3 Å². The first kappa shape index (κ1) is 31.3. The van der Waals surface area contributed by atoms with E-state index in [1.165, 1.54) is 54.4 Å². The van der Waals surface area contributed by atoms with Crippen molar-refractivity contribution in [2.75, 3.05) is 13.3 Å². The van der Waals surface area contributed by atoms with Gasteiger partial charge in [-0.2, -0.15) is 0 Å². The molecule has 4 saturated carbocycles. The molecule has 4 nitrogen and oxygen atoms in total. The maximum Gasteiger partial charge on any atom is 0.164 e. The molecule has 0 N–H and O–H groups in total. The van der Waals surface area contributed by atoms with Crippen LogP contribution in [0.5, 0.6) is 0 Å². The van der Waals surface area contributed by atoms with Crippen molar-refractivity contribution in [3.63, 3.8) is 0 Å². The average Bonchev–Trinajstić information content (AvgIpc) is 3.15. The summed E-state index contributed by atoms with van der Waals surface area (Å²) in [6.45, 7) is 3.69. The van der Waals surface area contributed by atoms with Gasteiger partial charge in [-0.3, -0.25) is 0 Å². The van der Waals surface area contributed by atoms with E-state index in [2.05, 4.69) is 84.9 Å². The summed E-state index contributed by atoms with van der Waals surface area (Å²) in [5.41, 5.74) is 8.19. The second-order valence-corrected chi connectivity index (χ2v) is 18.5. The summed E-state index contributed by atoms with van der Waals surface area (Å²) in [7, 11) is -2.30. The Balaban J connectivity index is 1.14. The van der Waals surface area contributed by atoms with Gasteiger partial charge in [0.15, 0.2) is 17.5 Å². The maximum atomic E-state index is 12.7. The minimum Gasteiger partial charge on any atom is -0.319 e. The molecule has 1 aromatic heterocycles. The number of rotatable bonds is 7. The molecule has 4 bridgehead atoms. The summed E-state index contributed by atoms with van der Waals surface area (Å²) < 4.78 is 12.7. The van der Waals surface area contributed by atoms with Gasteiger partial charge in [0.05, 0.1) is 0 Å². The van der Waals surface area contributed by atoms with Crippen molar-refractivity contribution in [3.8, 4) is 45.3 Å². The predicted molar refractivity (Wildman–Crippen MR) is 205 cm³/mol. The molecule has 5 aromatic carbocycles. The van der Waals surface area contributed by atoms with Crippen molar-refractivity contribution in [1.29, 1.82) is 0 Å². The van der Waals surface area contributed by atoms with E-state index >= 15 is 0 Å². The normalized spacial score (nSPS) is 24.0. The summed E-state index contributed by atoms with van der Waals surface area (Å²) in [4.78, 5) is 14.9. The lowest BCUT2D eigenvalue weighted by molar-refractivity contribution is -0.0418. The topological polar surface area (TPSA) is 55.7 Å². The molecule has 4 fully saturated rings. The molecule has 4 aliphatic rings. The van der Waals surface area contributed by atoms with E-state index in [1.807, 2.05) is 61.9 Å². The molecule has 0 radical (unpaired) electrons. The van der Waals surface area contributed by atoms with E-state index in [9.17, 15) is 4.57 Å². The van der Waals surface area contributed by atoms with Crippen molar-refractivity contribution in [1.82, 2.24) is 15.0 Å². The Hall–Kier alpha value is -4.66. The van der Waals surface area contributed by atoms with Gasteiger partial charge in [-0.1, -0.05) is 133 Å². The van der Waals surface area contributed by atoms with E-state index in [1.54, 1.807) is 0 Å². The van der Waals surface area contributed by atoms with E-state index in [4.69, 9.17) is 15.0 Å². The van der Waals surface area contributed by atoms with Gasteiger partial charge in [0.1, 0.15) is 7.14 Å². The molecule has 0 atom stereocenters. The van der Waals surface area contributed by atoms with Gasteiger partial charge in [-0.05, 0) is 91.4 Å². The van der Waals surface area contributed by atoms with Crippen LogP contribution in [0.2, 0.25) is 0 Å². The van der Waals surface area contributed by atoms with E-state index in [0.717, 1.165) is 33.8 Å². The zero-order valence-electron chi connectivity index (χ0n) is 28.7. The molecule has 248 valence electrons. The van der Waals surface area contributed by atoms with Gasteiger partial charge in [0.2, 0.25) is 0 Å². The standard InChI is InChI=1S/C45H42N3OP/c1-50(2,49)41-22-18-32(19-23-41)36-14-9-15-38(29-36)45(39-25-30-24-31(27-39)28-40(45)26-30)37-20-16-35(17-21-37)44-47-42(33-10-5-3-6-11-33)46-43(48-44)34-12-7-4-8-13-34/h3-23,29-31,39-40H,24-28H2,1-2H3. The van der Waals surface area contributed by atoms with Crippen LogP contribution >= 0.6 is 7.14 Å². The van der Waals surface area contributed by atoms with Crippen molar-refractivity contribution in [2.24, 2.45) is 23.7 Å². The van der Waals surface area contributed by atoms with Crippen LogP contribution in [0, 0.1) is 23.7 Å². The van der Waals surface area contributed by atoms with Crippen molar-refractivity contribution >= 4 is 12.4 Å². The number of aromatic nitrogens is 3. The van der Waals surface area contributed by atoms with Gasteiger partial charge in [0.25, 0.3) is 0 Å². The molecule has 6 aromatic rings. The van der Waals surface area contributed by atoms with Crippen LogP contribution in [-0.4, -0.2) is 28.3 Å². The molecule has 0 amide bonds. The number of hydrogen-bond donors (Lipinski definition) is 0. The number of nitrogens with zero attached hydrogens (tertiary/aromatic N) is 3. The fourth-order valence-corrected chi connectivity index (χ4v) is 10.7. The number of benzene rings is 5. The Morgan fingerprint density at radius 1 is 0.480 bits per heavy atom. The molecule has 10 rings (SSSR count). The predicted octanol–water partition coefficient (Wildman–Crippen LogP) is 10.5. The third-order valence-electron chi connectivity index (χ3n) is 11.9. The second-order valence-electron chi connectivity index (χ2n) is 15.3. The van der Waals surface area contributed by atoms with Crippen molar-refractivity contribution in [2.45, 2.75) is 37.5 Å². The lowest BCUT2D eigenvalue weighted by atomic mass is 9.42. The highest BCUT2D eigenvalue weighted by Crippen LogP contribution is 2.65. The highest BCUT2D eigenvalue weighted by Gasteiger charge is 2.58. The molecule has 1 heterocycles. The molecular formula is C45H42N3OP. The van der Waals surface area contributed by atoms with Crippen molar-refractivity contribution in [3.05, 3.63) is 145 Å². The Morgan fingerprint density at radius 2 is 0.940 bits per heavy atom. The fourth-order valence-electron chi connectivity index (χ4n) is 9.84. The van der Waals surface area contributed by atoms with Crippen LogP contribution in [0.3, 0.4) is 0 Å². The summed E-state index contributed by atoms with van der Waals surface area (Å²) >= 11 is 0. The maximum absolute atomic E-state index is 12.7. The van der Waals surface area contributed by atoms with Gasteiger partial charge >= 0.3 is 0 Å². The lowest BCUT2D eigenvalue weighted by Crippen LogP contribution is -2.56. The Bertz CT molecular complexity index is 2120. The van der Waals surface area contributed by atoms with Gasteiger partial charge in [-0.25, -0.2) is 15.0 Å². The van der Waals surface area contributed by atoms with Crippen LogP contribution in [0.1, 0.15) is 43.2 Å². The molecule has 0 aliphatic heterocycles. The zero-order chi connectivity index (χ0) is 33.9. The first-order chi connectivity index (χ1) is 24.3. The van der Waals surface area contributed by atoms with Gasteiger partial charge in [-0.15, -0.1) is 0 Å². The van der Waals surface area contributed by atoms with Crippen LogP contribution < -0.4 is 5.30 Å². The summed E-state index contributed by atoms with van der Waals surface area (Å²) in [5.74, 6) is 5.02. The largest absolute Gasteiger partial charge is 0.319 e. The fraction of sp³-hybridized carbons (Fsp3) is 0.267. The van der Waals surface area contributed by atoms with Gasteiger partial charge < -0.3 is 4.57 Å². The van der Waals surface area contributed by atoms with Crippen LogP contribution in [0.4, 0.5) is 0 Å². The molecule has 0 saturated heterocycles. The molecule has 50 heavy (non-hydrogen) atoms.